The van der Waals surface area contributed by atoms with Gasteiger partial charge in [0.1, 0.15) is 83.5 Å². The number of ether oxygens (including phenoxy) is 2. The van der Waals surface area contributed by atoms with Gasteiger partial charge < -0.3 is 36.1 Å². The van der Waals surface area contributed by atoms with Crippen molar-refractivity contribution in [2.45, 2.75) is 272 Å². The molecular weight excluding hydrogens is 1930 g/mol. The average Bonchev–Trinajstić information content (AvgIpc) is 1.62. The van der Waals surface area contributed by atoms with E-state index in [0.717, 1.165) is 198 Å². The van der Waals surface area contributed by atoms with Crippen LogP contribution in [0.25, 0.3) is 0 Å². The number of carbonyl (C=O) groups is 5. The number of fused-ring (bicyclic) bond motifs is 10. The third kappa shape index (κ3) is 21.4. The molecule has 2 aromatic carbocycles. The summed E-state index contributed by atoms with van der Waals surface area (Å²) in [5.74, 6) is 2.54. The first-order chi connectivity index (χ1) is 62.8. The topological polar surface area (TPSA) is 351 Å². The minimum Gasteiger partial charge on any atom is -0.497 e. The van der Waals surface area contributed by atoms with Crippen LogP contribution in [-0.4, -0.2) is 96.5 Å². The number of rotatable bonds is 10. The van der Waals surface area contributed by atoms with Crippen molar-refractivity contribution in [3.05, 3.63) is 260 Å². The molecule has 5 saturated carbocycles. The lowest BCUT2D eigenvalue weighted by Crippen LogP contribution is -2.48. The molecule has 132 heavy (non-hydrogen) atoms. The number of hydrogen-bond acceptors (Lipinski definition) is 23. The normalized spacial score (nSPS) is 17.5. The van der Waals surface area contributed by atoms with E-state index in [1.54, 1.807) is 91.9 Å². The summed E-state index contributed by atoms with van der Waals surface area (Å²) in [4.78, 5) is 152. The van der Waals surface area contributed by atoms with Gasteiger partial charge in [-0.25, -0.2) is 29.9 Å². The van der Waals surface area contributed by atoms with Gasteiger partial charge >= 0.3 is 0 Å². The Hall–Kier alpha value is -9.23. The largest absolute Gasteiger partial charge is 0.497 e. The zero-order valence-corrected chi connectivity index (χ0v) is 82.2. The van der Waals surface area contributed by atoms with E-state index in [0.29, 0.717) is 73.5 Å². The molecule has 10 aromatic rings. The second-order valence-corrected chi connectivity index (χ2v) is 40.2. The van der Waals surface area contributed by atoms with Crippen molar-refractivity contribution in [1.82, 2.24) is 79.3 Å². The van der Waals surface area contributed by atoms with Gasteiger partial charge in [-0.15, -0.1) is 24.4 Å². The van der Waals surface area contributed by atoms with E-state index >= 15 is 0 Å². The molecule has 8 aromatic heterocycles. The summed E-state index contributed by atoms with van der Waals surface area (Å²) in [5, 5.41) is 17.4. The fourth-order valence-electron chi connectivity index (χ4n) is 19.2. The van der Waals surface area contributed by atoms with Crippen molar-refractivity contribution < 1.29 is 33.4 Å². The molecule has 0 bridgehead atoms. The second kappa shape index (κ2) is 43.2. The molecule has 5 fully saturated rings. The number of aromatic nitrogens is 11. The van der Waals surface area contributed by atoms with E-state index in [4.69, 9.17) is 55.9 Å². The van der Waals surface area contributed by atoms with Crippen molar-refractivity contribution in [2.75, 3.05) is 14.2 Å². The predicted molar refractivity (Wildman–Crippen MR) is 524 cm³/mol. The summed E-state index contributed by atoms with van der Waals surface area (Å²) in [6.45, 7) is 9.38. The van der Waals surface area contributed by atoms with Crippen LogP contribution in [-0.2, 0) is 39.8 Å². The molecule has 5 aliphatic carbocycles. The smallest absolute Gasteiger partial charge is 0.270 e. The molecule has 0 radical (unpaired) electrons. The summed E-state index contributed by atoms with van der Waals surface area (Å²) in [5.41, 5.74) is 5.76. The Kier molecular flexibility index (Phi) is 32.8. The van der Waals surface area contributed by atoms with Gasteiger partial charge in [-0.2, -0.15) is 12.6 Å². The van der Waals surface area contributed by atoms with Crippen LogP contribution >= 0.6 is 123 Å². The number of pyridine rings is 5. The minimum absolute atomic E-state index is 0. The van der Waals surface area contributed by atoms with Crippen LogP contribution in [0.2, 0.25) is 21.0 Å². The highest BCUT2D eigenvalue weighted by atomic mass is 79.9. The standard InChI is InChI=1S/C21H24N2O3S.2C17H17ClN4O2S.C13H15BrN2O2.C13H16N2O2S.C8H10OS.C4H2Cl2N2.CH4/c1-14-12-17(27-13-15-6-8-16(26-2)9-7-15)20(25)23-18(14)19(24)22-21(23)10-4-3-5-11-21;2*1-10-9-11(25-12-5-8-19-16(18)20-12)15(24)22-13(10)14(23)21-17(22)6-3-2-4-7-17;1-8-7-9(14)12(18)16-10(8)11(17)15-13(16)5-3-2-4-6-13;1-8-7-9(18)12(17)15-10(8)11(16)14-13(15)5-3-2-4-6-13;1-9-8-4-2-7(6-10)3-5-8;5-3-1-2-7-4(6)8-3;/h6-9,12H,3-5,10-11,13H2,1-2H3,(H,22,24);2*5,8-9H,2-4,6-7H2,1H3,(H,21,23);7H,2-6H2,1H3,(H,15,17);7,18H,2-6H2,1H3,(H,14,16);2-5,10H,6H2,1H3;1-2H;1H4. The lowest BCUT2D eigenvalue weighted by atomic mass is 9.89. The molecule has 5 amide bonds. The van der Waals surface area contributed by atoms with E-state index in [1.165, 1.54) is 59.9 Å². The monoisotopic (exact) mass is 2030 g/mol. The van der Waals surface area contributed by atoms with Crippen LogP contribution in [0.15, 0.2) is 174 Å². The molecule has 13 heterocycles. The number of thioether (sulfide) groups is 1. The molecule has 5 aliphatic heterocycles. The number of amides is 5. The molecule has 698 valence electrons. The van der Waals surface area contributed by atoms with Crippen LogP contribution in [0.3, 0.4) is 0 Å². The molecule has 5 spiro atoms. The van der Waals surface area contributed by atoms with E-state index < -0.39 is 28.3 Å². The molecule has 0 saturated heterocycles. The van der Waals surface area contributed by atoms with Gasteiger partial charge in [-0.05, 0) is 326 Å². The number of hydrogen-bond donors (Lipinski definition) is 7. The Balaban J connectivity index is 0.000000134. The van der Waals surface area contributed by atoms with E-state index in [9.17, 15) is 47.9 Å². The Bertz CT molecular complexity index is 6070. The third-order valence-corrected chi connectivity index (χ3v) is 30.3. The van der Waals surface area contributed by atoms with Gasteiger partial charge in [0.25, 0.3) is 57.3 Å². The summed E-state index contributed by atoms with van der Waals surface area (Å²) < 4.78 is 19.2. The second-order valence-electron chi connectivity index (χ2n) is 34.0. The summed E-state index contributed by atoms with van der Waals surface area (Å²) in [7, 11) is 3.31. The molecule has 38 heteroatoms. The molecule has 20 rings (SSSR count). The molecule has 28 nitrogen and oxygen atoms in total. The van der Waals surface area contributed by atoms with Gasteiger partial charge in [0.05, 0.1) is 38.3 Å². The van der Waals surface area contributed by atoms with Gasteiger partial charge in [0, 0.05) is 30.1 Å². The maximum atomic E-state index is 13.3. The van der Waals surface area contributed by atoms with Crippen molar-refractivity contribution in [2.24, 2.45) is 0 Å². The van der Waals surface area contributed by atoms with E-state index in [2.05, 4.69) is 97.7 Å². The molecule has 5 N–H and O–H groups in total. The van der Waals surface area contributed by atoms with E-state index in [-0.39, 0.29) is 80.6 Å². The quantitative estimate of drug-likeness (QED) is 0.0289. The van der Waals surface area contributed by atoms with Crippen LogP contribution in [0, 0.1) is 34.6 Å². The third-order valence-electron chi connectivity index (χ3n) is 25.3. The highest BCUT2D eigenvalue weighted by molar-refractivity contribution is 9.10. The summed E-state index contributed by atoms with van der Waals surface area (Å²) in [6, 6.07) is 29.5. The van der Waals surface area contributed by atoms with Crippen molar-refractivity contribution in [3.8, 4) is 11.5 Å². The molecule has 0 unspecified atom stereocenters. The van der Waals surface area contributed by atoms with Gasteiger partial charge in [0.2, 0.25) is 15.9 Å². The van der Waals surface area contributed by atoms with Crippen LogP contribution in [0.5, 0.6) is 11.5 Å². The highest BCUT2D eigenvalue weighted by Crippen LogP contribution is 2.44. The molecule has 0 atom stereocenters. The fourth-order valence-corrected chi connectivity index (χ4v) is 23.8. The number of nitrogens with zero attached hydrogens (tertiary/aromatic N) is 11. The maximum Gasteiger partial charge on any atom is 0.270 e. The van der Waals surface area contributed by atoms with Gasteiger partial charge in [0.15, 0.2) is 0 Å². The number of halogens is 5. The number of nitrogens with one attached hydrogen (secondary N) is 5. The number of aryl methyl sites for hydroxylation is 5. The Morgan fingerprint density at radius 1 is 0.379 bits per heavy atom. The molecular formula is C94H105BrCl4N16O12S5. The lowest BCUT2D eigenvalue weighted by molar-refractivity contribution is 0.0866. The first-order valence-electron chi connectivity index (χ1n) is 43.6. The van der Waals surface area contributed by atoms with Gasteiger partial charge in [-0.3, -0.25) is 70.8 Å². The summed E-state index contributed by atoms with van der Waals surface area (Å²) in [6.07, 6.45) is 28.9. The predicted octanol–water partition coefficient (Wildman–Crippen LogP) is 18.7. The number of methoxy groups -OCH3 is 2. The first-order valence-corrected chi connectivity index (χ1v) is 49.6. The van der Waals surface area contributed by atoms with E-state index in [1.807, 2.05) is 89.2 Å². The molecule has 10 aliphatic rings. The van der Waals surface area contributed by atoms with Crippen molar-refractivity contribution in [3.63, 3.8) is 0 Å². The van der Waals surface area contributed by atoms with Crippen molar-refractivity contribution in [1.29, 1.82) is 0 Å². The average molecular weight is 2030 g/mol. The Morgan fingerprint density at radius 3 is 0.977 bits per heavy atom. The summed E-state index contributed by atoms with van der Waals surface area (Å²) >= 11 is 38.1. The lowest BCUT2D eigenvalue weighted by Gasteiger charge is -2.35. The fraction of sp³-hybridized carbons (Fsp3) is 0.426. The van der Waals surface area contributed by atoms with Crippen LogP contribution < -0.4 is 63.9 Å². The van der Waals surface area contributed by atoms with Crippen LogP contribution in [0.1, 0.15) is 259 Å². The number of thiol groups is 2. The first kappa shape index (κ1) is 100. The van der Waals surface area contributed by atoms with Gasteiger partial charge in [-0.1, -0.05) is 98.9 Å². The Labute approximate surface area is 816 Å². The minimum atomic E-state index is -0.577. The number of carbonyl (C=O) groups excluding carboxylic acids is 5. The van der Waals surface area contributed by atoms with Crippen LogP contribution in [0.4, 0.5) is 0 Å². The maximum absolute atomic E-state index is 13.3. The number of benzene rings is 2. The SMILES string of the molecule is C.COc1ccc(CS)cc1.COc1ccc(CSc2cc(C)c3n(c2=O)C2(CCCCC2)NC3=O)cc1.Cc1cc(Br)c(=O)n2c1C(=O)NC21CCCCC1.Cc1cc(S)c(=O)n2c1C(=O)NC21CCCCC1.Cc1cc(Sc2ccnc(Cl)n2)c(=O)n2c1C(=O)NC21CCCCC1.Cc1cc(Sc2ccnc(Cl)n2)c(=O)n2c1C(=O)NC21CCCCC1.Clc1ccnc(Cl)n1. The zero-order chi connectivity index (χ0) is 93.4. The Morgan fingerprint density at radius 2 is 0.667 bits per heavy atom. The van der Waals surface area contributed by atoms with Crippen molar-refractivity contribution >= 4 is 152 Å². The highest BCUT2D eigenvalue weighted by Gasteiger charge is 2.51. The zero-order valence-electron chi connectivity index (χ0n) is 73.4.